The van der Waals surface area contributed by atoms with Gasteiger partial charge in [-0.2, -0.15) is 0 Å². The lowest BCUT2D eigenvalue weighted by Gasteiger charge is -2.26. The summed E-state index contributed by atoms with van der Waals surface area (Å²) in [5, 5.41) is 4.30. The zero-order chi connectivity index (χ0) is 39.8. The van der Waals surface area contributed by atoms with E-state index in [4.69, 9.17) is 14.4 Å². The van der Waals surface area contributed by atoms with Gasteiger partial charge in [0.1, 0.15) is 11.2 Å². The van der Waals surface area contributed by atoms with Gasteiger partial charge in [0, 0.05) is 50.1 Å². The average molecular weight is 768 g/mol. The van der Waals surface area contributed by atoms with E-state index in [1.807, 2.05) is 36.4 Å². The second kappa shape index (κ2) is 15.0. The van der Waals surface area contributed by atoms with Crippen LogP contribution in [0.2, 0.25) is 0 Å². The van der Waals surface area contributed by atoms with Gasteiger partial charge in [-0.1, -0.05) is 158 Å². The van der Waals surface area contributed by atoms with Crippen LogP contribution in [0.4, 0.5) is 17.1 Å². The van der Waals surface area contributed by atoms with Gasteiger partial charge >= 0.3 is 0 Å². The number of anilines is 3. The van der Waals surface area contributed by atoms with Gasteiger partial charge in [-0.05, 0) is 94.2 Å². The number of para-hydroxylation sites is 1. The highest BCUT2D eigenvalue weighted by molar-refractivity contribution is 6.18. The third-order valence-corrected chi connectivity index (χ3v) is 11.3. The maximum Gasteiger partial charge on any atom is 0.161 e. The molecule has 0 bridgehead atoms. The van der Waals surface area contributed by atoms with Gasteiger partial charge in [0.05, 0.1) is 11.4 Å². The molecule has 282 valence electrons. The summed E-state index contributed by atoms with van der Waals surface area (Å²) in [6.45, 7) is 0. The van der Waals surface area contributed by atoms with Crippen LogP contribution in [-0.2, 0) is 0 Å². The predicted molar refractivity (Wildman–Crippen MR) is 249 cm³/mol. The fraction of sp³-hybridized carbons (Fsp3) is 0. The molecule has 0 atom stereocenters. The van der Waals surface area contributed by atoms with Crippen molar-refractivity contribution < 1.29 is 4.42 Å². The Hall–Kier alpha value is -8.08. The number of rotatable bonds is 8. The molecular weight excluding hydrogens is 731 g/mol. The van der Waals surface area contributed by atoms with Crippen LogP contribution in [0.5, 0.6) is 0 Å². The Morgan fingerprint density at radius 2 is 0.800 bits per heavy atom. The molecule has 2 heterocycles. The summed E-state index contributed by atoms with van der Waals surface area (Å²) in [6.07, 6.45) is 0. The number of aromatic nitrogens is 2. The van der Waals surface area contributed by atoms with E-state index in [1.54, 1.807) is 0 Å². The van der Waals surface area contributed by atoms with Crippen LogP contribution in [0, 0.1) is 0 Å². The molecule has 2 aromatic heterocycles. The first-order chi connectivity index (χ1) is 29.7. The Bertz CT molecular complexity index is 3210. The van der Waals surface area contributed by atoms with Gasteiger partial charge < -0.3 is 9.32 Å². The minimum atomic E-state index is 0.648. The summed E-state index contributed by atoms with van der Waals surface area (Å²) >= 11 is 0. The predicted octanol–water partition coefficient (Wildman–Crippen LogP) is 15.3. The molecule has 0 saturated heterocycles. The fourth-order valence-corrected chi connectivity index (χ4v) is 8.31. The summed E-state index contributed by atoms with van der Waals surface area (Å²) in [5.41, 5.74) is 14.0. The lowest BCUT2D eigenvalue weighted by molar-refractivity contribution is 0.670. The van der Waals surface area contributed by atoms with Crippen molar-refractivity contribution >= 4 is 49.8 Å². The average Bonchev–Trinajstić information content (AvgIpc) is 3.70. The summed E-state index contributed by atoms with van der Waals surface area (Å²) in [7, 11) is 0. The van der Waals surface area contributed by atoms with E-state index in [2.05, 4.69) is 193 Å². The van der Waals surface area contributed by atoms with E-state index in [9.17, 15) is 0 Å². The molecule has 11 aromatic rings. The molecule has 0 spiro atoms. The van der Waals surface area contributed by atoms with E-state index < -0.39 is 0 Å². The number of hydrogen-bond acceptors (Lipinski definition) is 4. The van der Waals surface area contributed by atoms with Crippen molar-refractivity contribution in [3.8, 4) is 56.2 Å². The van der Waals surface area contributed by atoms with Crippen LogP contribution < -0.4 is 4.90 Å². The van der Waals surface area contributed by atoms with Crippen LogP contribution in [-0.4, -0.2) is 9.97 Å². The maximum atomic E-state index is 6.94. The van der Waals surface area contributed by atoms with Gasteiger partial charge in [-0.25, -0.2) is 9.97 Å². The van der Waals surface area contributed by atoms with Crippen molar-refractivity contribution in [3.05, 3.63) is 224 Å². The number of fused-ring (bicyclic) bond motifs is 4. The summed E-state index contributed by atoms with van der Waals surface area (Å²) in [4.78, 5) is 12.8. The number of hydrogen-bond donors (Lipinski definition) is 0. The molecule has 4 nitrogen and oxygen atoms in total. The first-order valence-corrected chi connectivity index (χ1v) is 20.2. The molecule has 60 heavy (non-hydrogen) atoms. The molecule has 0 amide bonds. The molecule has 0 saturated carbocycles. The topological polar surface area (TPSA) is 42.2 Å². The first-order valence-electron chi connectivity index (χ1n) is 20.2. The maximum absolute atomic E-state index is 6.94. The van der Waals surface area contributed by atoms with Crippen LogP contribution >= 0.6 is 0 Å². The Morgan fingerprint density at radius 1 is 0.350 bits per heavy atom. The van der Waals surface area contributed by atoms with E-state index in [0.29, 0.717) is 5.82 Å². The highest BCUT2D eigenvalue weighted by Gasteiger charge is 2.21. The van der Waals surface area contributed by atoms with Gasteiger partial charge in [-0.15, -0.1) is 0 Å². The quantitative estimate of drug-likeness (QED) is 0.154. The fourth-order valence-electron chi connectivity index (χ4n) is 8.31. The number of nitrogens with zero attached hydrogens (tertiary/aromatic N) is 3. The van der Waals surface area contributed by atoms with Gasteiger partial charge in [-0.3, -0.25) is 0 Å². The van der Waals surface area contributed by atoms with Crippen LogP contribution in [0.25, 0.3) is 88.9 Å². The third kappa shape index (κ3) is 6.47. The summed E-state index contributed by atoms with van der Waals surface area (Å²) < 4.78 is 6.94. The highest BCUT2D eigenvalue weighted by Crippen LogP contribution is 2.44. The van der Waals surface area contributed by atoms with Crippen molar-refractivity contribution in [2.75, 3.05) is 4.90 Å². The molecule has 0 radical (unpaired) electrons. The minimum Gasteiger partial charge on any atom is -0.455 e. The van der Waals surface area contributed by atoms with E-state index >= 15 is 0 Å². The molecule has 4 heteroatoms. The number of furan rings is 1. The normalized spacial score (nSPS) is 11.3. The smallest absolute Gasteiger partial charge is 0.161 e. The van der Waals surface area contributed by atoms with E-state index in [0.717, 1.165) is 89.0 Å². The van der Waals surface area contributed by atoms with Gasteiger partial charge in [0.2, 0.25) is 0 Å². The van der Waals surface area contributed by atoms with Crippen LogP contribution in [0.1, 0.15) is 0 Å². The summed E-state index contributed by atoms with van der Waals surface area (Å²) in [5.74, 6) is 0.648. The van der Waals surface area contributed by atoms with Crippen molar-refractivity contribution in [2.45, 2.75) is 0 Å². The molecule has 0 unspecified atom stereocenters. The largest absolute Gasteiger partial charge is 0.455 e. The minimum absolute atomic E-state index is 0.648. The molecular formula is C56H37N3O. The third-order valence-electron chi connectivity index (χ3n) is 11.3. The molecule has 11 rings (SSSR count). The molecule has 0 N–H and O–H groups in total. The Morgan fingerprint density at radius 3 is 1.38 bits per heavy atom. The first kappa shape index (κ1) is 35.1. The van der Waals surface area contributed by atoms with Crippen LogP contribution in [0.3, 0.4) is 0 Å². The SMILES string of the molecule is c1ccc(-c2ccc(N(c3ccccc3)c3ccc(-c4ccc(-c5nc(-c6ccccc6)cc(-c6ccccc6)n5)c5c4oc4cc6ccccc6cc45)cc3)cc2)cc1. The molecule has 0 aliphatic heterocycles. The molecule has 0 aliphatic carbocycles. The van der Waals surface area contributed by atoms with Crippen LogP contribution in [0.15, 0.2) is 229 Å². The molecule has 9 aromatic carbocycles. The Kier molecular flexibility index (Phi) is 8.79. The summed E-state index contributed by atoms with van der Waals surface area (Å²) in [6, 6.07) is 78.5. The van der Waals surface area contributed by atoms with E-state index in [-0.39, 0.29) is 0 Å². The Balaban J connectivity index is 1.07. The van der Waals surface area contributed by atoms with Crippen molar-refractivity contribution in [2.24, 2.45) is 0 Å². The second-order valence-corrected chi connectivity index (χ2v) is 15.0. The standard InChI is InChI=1S/C56H37N3O/c1-5-15-38(16-6-1)39-25-29-46(30-26-39)59(45-23-11-4-12-24-45)47-31-27-40(28-32-47)48-33-34-49(54-50-35-43-21-13-14-22-44(43)36-53(50)60-55(48)54)56-57-51(41-17-7-2-8-18-41)37-52(58-56)42-19-9-3-10-20-42/h1-37H. The van der Waals surface area contributed by atoms with Crippen molar-refractivity contribution in [3.63, 3.8) is 0 Å². The molecule has 0 aliphatic rings. The van der Waals surface area contributed by atoms with Crippen molar-refractivity contribution in [1.82, 2.24) is 9.97 Å². The van der Waals surface area contributed by atoms with Gasteiger partial charge in [0.15, 0.2) is 5.82 Å². The monoisotopic (exact) mass is 767 g/mol. The zero-order valence-electron chi connectivity index (χ0n) is 32.6. The lowest BCUT2D eigenvalue weighted by atomic mass is 9.96. The second-order valence-electron chi connectivity index (χ2n) is 15.0. The lowest BCUT2D eigenvalue weighted by Crippen LogP contribution is -2.09. The van der Waals surface area contributed by atoms with E-state index in [1.165, 1.54) is 11.1 Å². The number of benzene rings is 9. The van der Waals surface area contributed by atoms with Crippen molar-refractivity contribution in [1.29, 1.82) is 0 Å². The zero-order valence-corrected chi connectivity index (χ0v) is 32.6. The highest BCUT2D eigenvalue weighted by atomic mass is 16.3. The Labute approximate surface area is 348 Å². The molecule has 0 fully saturated rings. The van der Waals surface area contributed by atoms with Gasteiger partial charge in [0.25, 0.3) is 0 Å².